The number of nitrogens with one attached hydrogen (secondary N) is 3. The van der Waals surface area contributed by atoms with E-state index in [9.17, 15) is 22.8 Å². The van der Waals surface area contributed by atoms with E-state index in [0.29, 0.717) is 40.7 Å². The van der Waals surface area contributed by atoms with Crippen molar-refractivity contribution in [2.45, 2.75) is 41.7 Å². The number of H-pyrrole nitrogens is 1. The summed E-state index contributed by atoms with van der Waals surface area (Å²) in [5, 5.41) is 6.72. The molecule has 0 radical (unpaired) electrons. The molecule has 44 heavy (non-hydrogen) atoms. The van der Waals surface area contributed by atoms with Crippen molar-refractivity contribution in [3.8, 4) is 0 Å². The van der Waals surface area contributed by atoms with Gasteiger partial charge in [0.1, 0.15) is 18.8 Å². The van der Waals surface area contributed by atoms with Crippen LogP contribution in [0.15, 0.2) is 82.6 Å². The number of benzene rings is 3. The van der Waals surface area contributed by atoms with E-state index in [0.717, 1.165) is 10.9 Å². The molecule has 228 valence electrons. The fourth-order valence-electron chi connectivity index (χ4n) is 5.41. The molecule has 1 aliphatic carbocycles. The summed E-state index contributed by atoms with van der Waals surface area (Å²) in [5.41, 5.74) is 2.39. The first-order valence-corrected chi connectivity index (χ1v) is 15.7. The smallest absolute Gasteiger partial charge is 0.411 e. The van der Waals surface area contributed by atoms with Crippen molar-refractivity contribution in [3.05, 3.63) is 100.0 Å². The van der Waals surface area contributed by atoms with E-state index in [1.165, 1.54) is 24.1 Å². The van der Waals surface area contributed by atoms with Crippen molar-refractivity contribution >= 4 is 44.0 Å². The molecule has 7 rings (SSSR count). The largest absolute Gasteiger partial charge is 0.446 e. The zero-order chi connectivity index (χ0) is 31.0. The van der Waals surface area contributed by atoms with Gasteiger partial charge in [-0.05, 0) is 71.3 Å². The Morgan fingerprint density at radius 2 is 1.70 bits per heavy atom. The standard InChI is InChI=1S/C32H32N4O7S/c1-36-17-22-15-23(9-12-28(22)44(40,41)25-10-11-25)35-32(39)43-18-27(42-2)20-3-5-21(6-4-20)29(31(36)38)34-24-8-7-19-13-14-33-30(37)26(19)16-24/h3-9,12-16,25,27,29,34H,10-11,17-18H2,1-2H3,(H,33,37)(H,35,39)/t27-,29+/m0/s1. The number of hydrogen-bond acceptors (Lipinski definition) is 8. The van der Waals surface area contributed by atoms with Gasteiger partial charge in [-0.25, -0.2) is 13.2 Å². The number of methoxy groups -OCH3 is 1. The number of aromatic amines is 1. The van der Waals surface area contributed by atoms with Gasteiger partial charge in [0.2, 0.25) is 5.91 Å². The maximum atomic E-state index is 14.2. The first-order valence-electron chi connectivity index (χ1n) is 14.2. The number of carbonyl (C=O) groups is 2. The average Bonchev–Trinajstić information content (AvgIpc) is 3.87. The first-order chi connectivity index (χ1) is 21.1. The number of amides is 2. The summed E-state index contributed by atoms with van der Waals surface area (Å²) < 4.78 is 37.7. The summed E-state index contributed by atoms with van der Waals surface area (Å²) >= 11 is 0. The van der Waals surface area contributed by atoms with E-state index in [2.05, 4.69) is 15.6 Å². The van der Waals surface area contributed by atoms with Crippen LogP contribution in [-0.2, 0) is 30.7 Å². The lowest BCUT2D eigenvalue weighted by Gasteiger charge is -2.27. The second-order valence-corrected chi connectivity index (χ2v) is 13.3. The van der Waals surface area contributed by atoms with E-state index in [1.54, 1.807) is 67.8 Å². The van der Waals surface area contributed by atoms with Crippen LogP contribution in [0.1, 0.15) is 41.7 Å². The Bertz CT molecular complexity index is 1900. The highest BCUT2D eigenvalue weighted by Gasteiger charge is 2.38. The molecule has 12 heteroatoms. The predicted octanol–water partition coefficient (Wildman–Crippen LogP) is 4.53. The zero-order valence-corrected chi connectivity index (χ0v) is 25.0. The van der Waals surface area contributed by atoms with Crippen LogP contribution in [0.25, 0.3) is 10.8 Å². The number of sulfone groups is 1. The molecule has 0 spiro atoms. The number of fused-ring (bicyclic) bond motifs is 10. The molecule has 3 aliphatic rings. The highest BCUT2D eigenvalue weighted by molar-refractivity contribution is 7.92. The second-order valence-electron chi connectivity index (χ2n) is 11.1. The van der Waals surface area contributed by atoms with Gasteiger partial charge in [0, 0.05) is 43.7 Å². The third kappa shape index (κ3) is 5.90. The first kappa shape index (κ1) is 29.4. The van der Waals surface area contributed by atoms with Crippen LogP contribution in [0, 0.1) is 0 Å². The van der Waals surface area contributed by atoms with Gasteiger partial charge < -0.3 is 24.7 Å². The lowest BCUT2D eigenvalue weighted by Crippen LogP contribution is -2.35. The molecule has 11 nitrogen and oxygen atoms in total. The van der Waals surface area contributed by atoms with Gasteiger partial charge in [-0.3, -0.25) is 14.9 Å². The van der Waals surface area contributed by atoms with Crippen LogP contribution >= 0.6 is 0 Å². The van der Waals surface area contributed by atoms with Gasteiger partial charge in [-0.2, -0.15) is 0 Å². The highest BCUT2D eigenvalue weighted by atomic mass is 32.2. The number of ether oxygens (including phenoxy) is 2. The van der Waals surface area contributed by atoms with Crippen LogP contribution in [0.2, 0.25) is 0 Å². The molecule has 3 heterocycles. The number of anilines is 2. The molecule has 2 amide bonds. The fraction of sp³-hybridized carbons (Fsp3) is 0.281. The highest BCUT2D eigenvalue weighted by Crippen LogP contribution is 2.36. The Morgan fingerprint density at radius 1 is 0.955 bits per heavy atom. The molecular weight excluding hydrogens is 584 g/mol. The topological polar surface area (TPSA) is 147 Å². The van der Waals surface area contributed by atoms with Gasteiger partial charge in [0.25, 0.3) is 5.56 Å². The molecule has 2 aliphatic heterocycles. The van der Waals surface area contributed by atoms with Gasteiger partial charge in [-0.1, -0.05) is 30.3 Å². The summed E-state index contributed by atoms with van der Waals surface area (Å²) in [6, 6.07) is 17.9. The van der Waals surface area contributed by atoms with Crippen molar-refractivity contribution < 1.29 is 27.5 Å². The van der Waals surface area contributed by atoms with Crippen LogP contribution in [0.3, 0.4) is 0 Å². The quantitative estimate of drug-likeness (QED) is 0.297. The molecule has 1 aromatic heterocycles. The number of carbonyl (C=O) groups excluding carboxylic acids is 2. The van der Waals surface area contributed by atoms with Crippen molar-refractivity contribution in [3.63, 3.8) is 0 Å². The van der Waals surface area contributed by atoms with Crippen LogP contribution in [-0.4, -0.2) is 56.3 Å². The van der Waals surface area contributed by atoms with E-state index in [4.69, 9.17) is 9.47 Å². The third-order valence-electron chi connectivity index (χ3n) is 7.99. The number of pyridine rings is 1. The van der Waals surface area contributed by atoms with Gasteiger partial charge in [0.05, 0.1) is 10.1 Å². The summed E-state index contributed by atoms with van der Waals surface area (Å²) in [4.78, 5) is 43.5. The monoisotopic (exact) mass is 616 g/mol. The lowest BCUT2D eigenvalue weighted by atomic mass is 10.0. The summed E-state index contributed by atoms with van der Waals surface area (Å²) in [5.74, 6) is -0.331. The molecule has 4 bridgehead atoms. The lowest BCUT2D eigenvalue weighted by molar-refractivity contribution is -0.131. The van der Waals surface area contributed by atoms with E-state index >= 15 is 0 Å². The van der Waals surface area contributed by atoms with E-state index in [1.807, 2.05) is 0 Å². The number of aromatic nitrogens is 1. The number of likely N-dealkylation sites (N-methyl/N-ethyl adjacent to an activating group) is 1. The maximum Gasteiger partial charge on any atom is 0.411 e. The minimum absolute atomic E-state index is 0.0376. The molecular formula is C32H32N4O7S. The molecule has 2 atom stereocenters. The second kappa shape index (κ2) is 11.8. The zero-order valence-electron chi connectivity index (χ0n) is 24.2. The minimum atomic E-state index is -3.62. The number of hydrogen-bond donors (Lipinski definition) is 3. The summed E-state index contributed by atoms with van der Waals surface area (Å²) in [6.07, 6.45) is 1.46. The van der Waals surface area contributed by atoms with Crippen LogP contribution in [0.5, 0.6) is 0 Å². The van der Waals surface area contributed by atoms with E-state index < -0.39 is 33.3 Å². The number of rotatable bonds is 5. The molecule has 0 unspecified atom stereocenters. The molecule has 1 fully saturated rings. The Morgan fingerprint density at radius 3 is 2.43 bits per heavy atom. The number of nitrogens with zero attached hydrogens (tertiary/aromatic N) is 1. The molecule has 3 aromatic carbocycles. The third-order valence-corrected chi connectivity index (χ3v) is 10.3. The van der Waals surface area contributed by atoms with Crippen LogP contribution in [0.4, 0.5) is 16.2 Å². The van der Waals surface area contributed by atoms with Crippen molar-refractivity contribution in [1.29, 1.82) is 0 Å². The molecule has 0 saturated heterocycles. The molecule has 3 N–H and O–H groups in total. The normalized spacial score (nSPS) is 19.5. The van der Waals surface area contributed by atoms with Crippen molar-refractivity contribution in [1.82, 2.24) is 9.88 Å². The summed E-state index contributed by atoms with van der Waals surface area (Å²) in [6.45, 7) is -0.109. The Balaban J connectivity index is 1.42. The van der Waals surface area contributed by atoms with Crippen molar-refractivity contribution in [2.75, 3.05) is 31.4 Å². The summed E-state index contributed by atoms with van der Waals surface area (Å²) in [7, 11) is -0.511. The predicted molar refractivity (Wildman–Crippen MR) is 165 cm³/mol. The molecule has 4 aromatic rings. The average molecular weight is 617 g/mol. The maximum absolute atomic E-state index is 14.2. The van der Waals surface area contributed by atoms with Crippen LogP contribution < -0.4 is 16.2 Å². The van der Waals surface area contributed by atoms with Gasteiger partial charge in [0.15, 0.2) is 9.84 Å². The Labute approximate surface area is 254 Å². The fourth-order valence-corrected chi connectivity index (χ4v) is 7.27. The SMILES string of the molecule is CO[C@H]1COC(=O)Nc2ccc(S(=O)(=O)C3CC3)c(c2)CN(C)C(=O)[C@H](Nc2ccc3cc[nH]c(=O)c3c2)c2ccc1cc2. The van der Waals surface area contributed by atoms with Gasteiger partial charge >= 0.3 is 6.09 Å². The molecule has 1 saturated carbocycles. The van der Waals surface area contributed by atoms with E-state index in [-0.39, 0.29) is 29.5 Å². The van der Waals surface area contributed by atoms with Crippen molar-refractivity contribution in [2.24, 2.45) is 0 Å². The Hall–Kier alpha value is -4.68. The van der Waals surface area contributed by atoms with Gasteiger partial charge in [-0.15, -0.1) is 0 Å². The Kier molecular flexibility index (Phi) is 7.87. The minimum Gasteiger partial charge on any atom is -0.446 e.